The van der Waals surface area contributed by atoms with Crippen LogP contribution in [0.4, 0.5) is 5.69 Å². The van der Waals surface area contributed by atoms with Gasteiger partial charge < -0.3 is 19.9 Å². The van der Waals surface area contributed by atoms with Crippen LogP contribution in [0.1, 0.15) is 41.5 Å². The summed E-state index contributed by atoms with van der Waals surface area (Å²) in [6.07, 6.45) is 0.0560. The minimum absolute atomic E-state index is 0.0560. The molecule has 1 aliphatic rings. The molecule has 1 atom stereocenters. The Morgan fingerprint density at radius 2 is 1.85 bits per heavy atom. The number of rotatable bonds is 6. The van der Waals surface area contributed by atoms with Crippen molar-refractivity contribution in [2.24, 2.45) is 0 Å². The zero-order valence-corrected chi connectivity index (χ0v) is 18.1. The smallest absolute Gasteiger partial charge is 0.304 e. The van der Waals surface area contributed by atoms with E-state index >= 15 is 0 Å². The third kappa shape index (κ3) is 5.92. The first-order valence-corrected chi connectivity index (χ1v) is 10.6. The van der Waals surface area contributed by atoms with Crippen LogP contribution in [0.25, 0.3) is 0 Å². The van der Waals surface area contributed by atoms with Crippen LogP contribution >= 0.6 is 0 Å². The van der Waals surface area contributed by atoms with E-state index in [1.165, 1.54) is 6.92 Å². The lowest BCUT2D eigenvalue weighted by Crippen LogP contribution is -2.07. The molecule has 33 heavy (non-hydrogen) atoms. The van der Waals surface area contributed by atoms with E-state index in [2.05, 4.69) is 17.2 Å². The number of hydrogen-bond donors (Lipinski definition) is 2. The van der Waals surface area contributed by atoms with Crippen LogP contribution in [0, 0.1) is 11.8 Å². The molecule has 3 aromatic rings. The molecule has 1 heterocycles. The van der Waals surface area contributed by atoms with Gasteiger partial charge >= 0.3 is 5.97 Å². The SMILES string of the molecule is CC(=O)Nc1ccc(C#Cc2cccc(COc3ccc4c(c3)OCC4CC(=O)O)c2)cc1. The van der Waals surface area contributed by atoms with Crippen LogP contribution in [-0.2, 0) is 16.2 Å². The molecule has 1 amide bonds. The number of carboxylic acid groups (broad SMARTS) is 1. The quantitative estimate of drug-likeness (QED) is 0.547. The number of carboxylic acids is 1. The Kier molecular flexibility index (Phi) is 6.61. The summed E-state index contributed by atoms with van der Waals surface area (Å²) in [7, 11) is 0. The lowest BCUT2D eigenvalue weighted by Gasteiger charge is -2.09. The lowest BCUT2D eigenvalue weighted by molar-refractivity contribution is -0.137. The summed E-state index contributed by atoms with van der Waals surface area (Å²) < 4.78 is 11.6. The van der Waals surface area contributed by atoms with Gasteiger partial charge in [0.15, 0.2) is 0 Å². The fourth-order valence-corrected chi connectivity index (χ4v) is 3.62. The monoisotopic (exact) mass is 441 g/mol. The molecule has 0 bridgehead atoms. The number of carbonyl (C=O) groups excluding carboxylic acids is 1. The van der Waals surface area contributed by atoms with Crippen molar-refractivity contribution in [1.82, 2.24) is 0 Å². The van der Waals surface area contributed by atoms with Gasteiger partial charge in [-0.25, -0.2) is 0 Å². The number of aliphatic carboxylic acids is 1. The lowest BCUT2D eigenvalue weighted by atomic mass is 9.98. The van der Waals surface area contributed by atoms with E-state index in [9.17, 15) is 9.59 Å². The van der Waals surface area contributed by atoms with Crippen LogP contribution in [0.2, 0.25) is 0 Å². The van der Waals surface area contributed by atoms with Gasteiger partial charge in [-0.1, -0.05) is 30.0 Å². The van der Waals surface area contributed by atoms with E-state index in [4.69, 9.17) is 14.6 Å². The van der Waals surface area contributed by atoms with Crippen molar-refractivity contribution in [2.45, 2.75) is 25.9 Å². The number of carbonyl (C=O) groups is 2. The van der Waals surface area contributed by atoms with Gasteiger partial charge in [0.1, 0.15) is 18.1 Å². The van der Waals surface area contributed by atoms with Gasteiger partial charge in [-0.05, 0) is 48.0 Å². The maximum Gasteiger partial charge on any atom is 0.304 e. The minimum atomic E-state index is -0.832. The van der Waals surface area contributed by atoms with Gasteiger partial charge in [-0.2, -0.15) is 0 Å². The first kappa shape index (κ1) is 22.0. The average molecular weight is 441 g/mol. The Hall–Kier alpha value is -4.24. The van der Waals surface area contributed by atoms with Crippen molar-refractivity contribution in [1.29, 1.82) is 0 Å². The number of hydrogen-bond acceptors (Lipinski definition) is 4. The third-order valence-corrected chi connectivity index (χ3v) is 5.17. The number of amides is 1. The highest BCUT2D eigenvalue weighted by atomic mass is 16.5. The average Bonchev–Trinajstić information content (AvgIpc) is 3.18. The highest BCUT2D eigenvalue weighted by Gasteiger charge is 2.26. The molecule has 1 unspecified atom stereocenters. The van der Waals surface area contributed by atoms with E-state index in [-0.39, 0.29) is 18.2 Å². The summed E-state index contributed by atoms with van der Waals surface area (Å²) in [6.45, 7) is 2.22. The first-order chi connectivity index (χ1) is 16.0. The molecule has 6 nitrogen and oxygen atoms in total. The molecule has 0 aliphatic carbocycles. The molecule has 0 aromatic heterocycles. The Balaban J connectivity index is 1.38. The van der Waals surface area contributed by atoms with Crippen LogP contribution in [-0.4, -0.2) is 23.6 Å². The van der Waals surface area contributed by atoms with E-state index in [1.807, 2.05) is 66.7 Å². The standard InChI is InChI=1S/C27H23NO5/c1-18(29)28-23-9-7-19(8-10-23)5-6-20-3-2-4-21(13-20)16-32-24-11-12-25-22(14-27(30)31)17-33-26(25)15-24/h2-4,7-13,15,22H,14,16-17H2,1H3,(H,28,29)(H,30,31). The number of nitrogens with one attached hydrogen (secondary N) is 1. The van der Waals surface area contributed by atoms with Gasteiger partial charge in [-0.15, -0.1) is 0 Å². The van der Waals surface area contributed by atoms with E-state index in [0.29, 0.717) is 24.7 Å². The Bertz CT molecular complexity index is 1240. The highest BCUT2D eigenvalue weighted by molar-refractivity contribution is 5.88. The molecule has 0 spiro atoms. The second kappa shape index (κ2) is 9.92. The van der Waals surface area contributed by atoms with Gasteiger partial charge in [-0.3, -0.25) is 9.59 Å². The number of fused-ring (bicyclic) bond motifs is 1. The van der Waals surface area contributed by atoms with Crippen molar-refractivity contribution in [2.75, 3.05) is 11.9 Å². The molecule has 3 aromatic carbocycles. The van der Waals surface area contributed by atoms with Crippen molar-refractivity contribution in [3.8, 4) is 23.3 Å². The normalized spacial score (nSPS) is 13.8. The molecule has 1 aliphatic heterocycles. The second-order valence-corrected chi connectivity index (χ2v) is 7.80. The molecule has 0 saturated carbocycles. The van der Waals surface area contributed by atoms with Crippen LogP contribution < -0.4 is 14.8 Å². The number of anilines is 1. The molecule has 166 valence electrons. The number of benzene rings is 3. The molecular weight excluding hydrogens is 418 g/mol. The molecule has 2 N–H and O–H groups in total. The summed E-state index contributed by atoms with van der Waals surface area (Å²) in [4.78, 5) is 22.1. The predicted molar refractivity (Wildman–Crippen MR) is 124 cm³/mol. The highest BCUT2D eigenvalue weighted by Crippen LogP contribution is 2.38. The largest absolute Gasteiger partial charge is 0.492 e. The van der Waals surface area contributed by atoms with E-state index < -0.39 is 5.97 Å². The summed E-state index contributed by atoms with van der Waals surface area (Å²) in [6, 6.07) is 20.7. The third-order valence-electron chi connectivity index (χ3n) is 5.17. The molecule has 0 radical (unpaired) electrons. The van der Waals surface area contributed by atoms with Crippen molar-refractivity contribution in [3.63, 3.8) is 0 Å². The summed E-state index contributed by atoms with van der Waals surface area (Å²) >= 11 is 0. The minimum Gasteiger partial charge on any atom is -0.492 e. The van der Waals surface area contributed by atoms with Crippen LogP contribution in [0.3, 0.4) is 0 Å². The maximum absolute atomic E-state index is 11.1. The molecule has 6 heteroatoms. The zero-order valence-electron chi connectivity index (χ0n) is 18.1. The molecule has 0 fully saturated rings. The zero-order chi connectivity index (χ0) is 23.2. The van der Waals surface area contributed by atoms with Gasteiger partial charge in [0.25, 0.3) is 0 Å². The van der Waals surface area contributed by atoms with E-state index in [0.717, 1.165) is 27.9 Å². The van der Waals surface area contributed by atoms with Gasteiger partial charge in [0.05, 0.1) is 13.0 Å². The van der Waals surface area contributed by atoms with Crippen LogP contribution in [0.5, 0.6) is 11.5 Å². The Morgan fingerprint density at radius 1 is 1.06 bits per heavy atom. The van der Waals surface area contributed by atoms with Crippen molar-refractivity contribution < 1.29 is 24.2 Å². The summed E-state index contributed by atoms with van der Waals surface area (Å²) in [5.41, 5.74) is 4.35. The van der Waals surface area contributed by atoms with Crippen molar-refractivity contribution in [3.05, 3.63) is 89.0 Å². The summed E-state index contributed by atoms with van der Waals surface area (Å²) in [5.74, 6) is 6.57. The van der Waals surface area contributed by atoms with E-state index in [1.54, 1.807) is 0 Å². The Morgan fingerprint density at radius 3 is 2.61 bits per heavy atom. The predicted octanol–water partition coefficient (Wildman–Crippen LogP) is 4.57. The van der Waals surface area contributed by atoms with Gasteiger partial charge in [0, 0.05) is 41.3 Å². The molecular formula is C27H23NO5. The topological polar surface area (TPSA) is 84.9 Å². The fraction of sp³-hybridized carbons (Fsp3) is 0.185. The van der Waals surface area contributed by atoms with Crippen molar-refractivity contribution >= 4 is 17.6 Å². The number of ether oxygens (including phenoxy) is 2. The molecule has 4 rings (SSSR count). The second-order valence-electron chi connectivity index (χ2n) is 7.80. The summed E-state index contributed by atoms with van der Waals surface area (Å²) in [5, 5.41) is 11.8. The fourth-order valence-electron chi connectivity index (χ4n) is 3.62. The molecule has 0 saturated heterocycles. The van der Waals surface area contributed by atoms with Crippen LogP contribution in [0.15, 0.2) is 66.7 Å². The first-order valence-electron chi connectivity index (χ1n) is 10.6. The maximum atomic E-state index is 11.1. The van der Waals surface area contributed by atoms with Gasteiger partial charge in [0.2, 0.25) is 5.91 Å². The Labute approximate surface area is 192 Å².